The second-order valence-corrected chi connectivity index (χ2v) is 3.64. The molecule has 4 nitrogen and oxygen atoms in total. The number of carbonyl (C=O) groups is 1. The van der Waals surface area contributed by atoms with Gasteiger partial charge in [0.1, 0.15) is 0 Å². The highest BCUT2D eigenvalue weighted by Crippen LogP contribution is 2.05. The zero-order valence-electron chi connectivity index (χ0n) is 8.54. The highest BCUT2D eigenvalue weighted by Gasteiger charge is 2.24. The van der Waals surface area contributed by atoms with Gasteiger partial charge in [-0.2, -0.15) is 5.06 Å². The van der Waals surface area contributed by atoms with E-state index in [1.807, 2.05) is 25.8 Å². The minimum Gasteiger partial charge on any atom is -0.349 e. The fourth-order valence-corrected chi connectivity index (χ4v) is 1.22. The molecule has 0 aromatic carbocycles. The van der Waals surface area contributed by atoms with Crippen molar-refractivity contribution >= 4 is 5.91 Å². The Balaban J connectivity index is 0.00000169. The Morgan fingerprint density at radius 1 is 1.77 bits per heavy atom. The van der Waals surface area contributed by atoms with Gasteiger partial charge in [-0.05, 0) is 0 Å². The summed E-state index contributed by atoms with van der Waals surface area (Å²) in [4.78, 5) is 16.6. The van der Waals surface area contributed by atoms with Crippen molar-refractivity contribution in [3.63, 3.8) is 0 Å². The highest BCUT2D eigenvalue weighted by atomic mass is 16.7. The molecule has 1 heterocycles. The summed E-state index contributed by atoms with van der Waals surface area (Å²) < 4.78 is 0. The monoisotopic (exact) mass is 188 g/mol. The SMILES string of the molecule is CCN1C[C@H](NC(=O)C(C)C)CO1.[HH]. The molecule has 13 heavy (non-hydrogen) atoms. The lowest BCUT2D eigenvalue weighted by atomic mass is 10.2. The maximum absolute atomic E-state index is 11.3. The minimum absolute atomic E-state index is 0. The Labute approximate surface area is 80.7 Å². The van der Waals surface area contributed by atoms with Crippen molar-refractivity contribution in [3.05, 3.63) is 0 Å². The molecule has 1 aliphatic rings. The van der Waals surface area contributed by atoms with Gasteiger partial charge in [0.15, 0.2) is 0 Å². The van der Waals surface area contributed by atoms with Crippen LogP contribution in [0.15, 0.2) is 0 Å². The van der Waals surface area contributed by atoms with Crippen LogP contribution < -0.4 is 5.32 Å². The molecule has 1 aliphatic heterocycles. The van der Waals surface area contributed by atoms with Crippen LogP contribution in [0.1, 0.15) is 22.2 Å². The Morgan fingerprint density at radius 2 is 2.46 bits per heavy atom. The van der Waals surface area contributed by atoms with Gasteiger partial charge in [-0.15, -0.1) is 0 Å². The van der Waals surface area contributed by atoms with Gasteiger partial charge in [0.05, 0.1) is 12.6 Å². The number of hydrogen-bond acceptors (Lipinski definition) is 3. The van der Waals surface area contributed by atoms with Crippen molar-refractivity contribution in [1.82, 2.24) is 10.4 Å². The van der Waals surface area contributed by atoms with Gasteiger partial charge < -0.3 is 5.32 Å². The van der Waals surface area contributed by atoms with Gasteiger partial charge in [-0.1, -0.05) is 20.8 Å². The predicted octanol–water partition coefficient (Wildman–Crippen LogP) is 0.640. The van der Waals surface area contributed by atoms with E-state index >= 15 is 0 Å². The van der Waals surface area contributed by atoms with Crippen LogP contribution in [0.25, 0.3) is 0 Å². The van der Waals surface area contributed by atoms with E-state index in [9.17, 15) is 4.79 Å². The summed E-state index contributed by atoms with van der Waals surface area (Å²) in [5.41, 5.74) is 0. The van der Waals surface area contributed by atoms with Crippen molar-refractivity contribution in [1.29, 1.82) is 0 Å². The number of hydrogen-bond donors (Lipinski definition) is 1. The molecular formula is C9H20N2O2. The van der Waals surface area contributed by atoms with Crippen LogP contribution in [-0.2, 0) is 9.63 Å². The van der Waals surface area contributed by atoms with Crippen LogP contribution >= 0.6 is 0 Å². The molecule has 0 spiro atoms. The van der Waals surface area contributed by atoms with Gasteiger partial charge in [0.2, 0.25) is 5.91 Å². The molecule has 1 saturated heterocycles. The van der Waals surface area contributed by atoms with Crippen molar-refractivity contribution in [2.24, 2.45) is 5.92 Å². The number of nitrogens with one attached hydrogen (secondary N) is 1. The standard InChI is InChI=1S/C9H18N2O2.H2/c1-4-11-5-8(6-13-11)10-9(12)7(2)3;/h7-8H,4-6H2,1-3H3,(H,10,12);1H/t8-;/m0./s1. The quantitative estimate of drug-likeness (QED) is 0.706. The first-order chi connectivity index (χ1) is 6.13. The lowest BCUT2D eigenvalue weighted by Crippen LogP contribution is -2.40. The fourth-order valence-electron chi connectivity index (χ4n) is 1.22. The third-order valence-electron chi connectivity index (χ3n) is 2.11. The smallest absolute Gasteiger partial charge is 0.222 e. The van der Waals surface area contributed by atoms with Crippen LogP contribution in [0.4, 0.5) is 0 Å². The average molecular weight is 188 g/mol. The first kappa shape index (κ1) is 10.5. The zero-order chi connectivity index (χ0) is 9.84. The van der Waals surface area contributed by atoms with Gasteiger partial charge in [-0.3, -0.25) is 9.63 Å². The number of carbonyl (C=O) groups excluding carboxylic acids is 1. The van der Waals surface area contributed by atoms with E-state index in [2.05, 4.69) is 5.32 Å². The first-order valence-corrected chi connectivity index (χ1v) is 4.81. The van der Waals surface area contributed by atoms with E-state index in [1.165, 1.54) is 0 Å². The molecule has 0 aliphatic carbocycles. The molecule has 1 atom stereocenters. The summed E-state index contributed by atoms with van der Waals surface area (Å²) in [5.74, 6) is 0.155. The first-order valence-electron chi connectivity index (χ1n) is 4.81. The van der Waals surface area contributed by atoms with Crippen LogP contribution in [0, 0.1) is 5.92 Å². The molecule has 0 saturated carbocycles. The summed E-state index contributed by atoms with van der Waals surface area (Å²) in [6.07, 6.45) is 0. The van der Waals surface area contributed by atoms with Gasteiger partial charge in [0, 0.05) is 20.4 Å². The second kappa shape index (κ2) is 4.58. The molecule has 4 heteroatoms. The second-order valence-electron chi connectivity index (χ2n) is 3.64. The number of nitrogens with zero attached hydrogens (tertiary/aromatic N) is 1. The molecule has 1 rings (SSSR count). The molecule has 1 amide bonds. The maximum Gasteiger partial charge on any atom is 0.222 e. The fraction of sp³-hybridized carbons (Fsp3) is 0.889. The van der Waals surface area contributed by atoms with Crippen molar-refractivity contribution in [3.8, 4) is 0 Å². The Kier molecular flexibility index (Phi) is 3.69. The Morgan fingerprint density at radius 3 is 2.92 bits per heavy atom. The summed E-state index contributed by atoms with van der Waals surface area (Å²) >= 11 is 0. The molecule has 78 valence electrons. The van der Waals surface area contributed by atoms with Crippen LogP contribution in [0.3, 0.4) is 0 Å². The number of hydroxylamine groups is 2. The van der Waals surface area contributed by atoms with Crippen LogP contribution in [0.2, 0.25) is 0 Å². The molecule has 0 bridgehead atoms. The minimum atomic E-state index is 0. The van der Waals surface area contributed by atoms with Crippen molar-refractivity contribution in [2.45, 2.75) is 26.8 Å². The van der Waals surface area contributed by atoms with Crippen LogP contribution in [0.5, 0.6) is 0 Å². The molecule has 1 fully saturated rings. The van der Waals surface area contributed by atoms with Gasteiger partial charge in [-0.25, -0.2) is 0 Å². The molecule has 0 radical (unpaired) electrons. The van der Waals surface area contributed by atoms with E-state index in [-0.39, 0.29) is 19.3 Å². The van der Waals surface area contributed by atoms with Crippen molar-refractivity contribution in [2.75, 3.05) is 19.7 Å². The Hall–Kier alpha value is -0.610. The molecule has 0 aromatic rings. The van der Waals surface area contributed by atoms with E-state index in [0.717, 1.165) is 13.1 Å². The summed E-state index contributed by atoms with van der Waals surface area (Å²) in [7, 11) is 0. The lowest BCUT2D eigenvalue weighted by Gasteiger charge is -2.13. The summed E-state index contributed by atoms with van der Waals surface area (Å²) in [6, 6.07) is 0.162. The molecule has 0 unspecified atom stereocenters. The Bertz CT molecular complexity index is 188. The summed E-state index contributed by atoms with van der Waals surface area (Å²) in [5, 5.41) is 4.80. The average Bonchev–Trinajstić information content (AvgIpc) is 2.52. The predicted molar refractivity (Wildman–Crippen MR) is 52.1 cm³/mol. The number of rotatable bonds is 3. The van der Waals surface area contributed by atoms with Gasteiger partial charge >= 0.3 is 0 Å². The van der Waals surface area contributed by atoms with Crippen molar-refractivity contribution < 1.29 is 11.1 Å². The largest absolute Gasteiger partial charge is 0.349 e. The highest BCUT2D eigenvalue weighted by molar-refractivity contribution is 5.78. The number of likely N-dealkylation sites (N-methyl/N-ethyl adjacent to an activating group) is 1. The molecule has 0 aromatic heterocycles. The maximum atomic E-state index is 11.3. The normalized spacial score (nSPS) is 23.8. The van der Waals surface area contributed by atoms with E-state index in [4.69, 9.17) is 4.84 Å². The molecular weight excluding hydrogens is 168 g/mol. The van der Waals surface area contributed by atoms with E-state index in [1.54, 1.807) is 0 Å². The number of amides is 1. The zero-order valence-corrected chi connectivity index (χ0v) is 8.54. The third-order valence-corrected chi connectivity index (χ3v) is 2.11. The topological polar surface area (TPSA) is 41.6 Å². The van der Waals surface area contributed by atoms with Gasteiger partial charge in [0.25, 0.3) is 0 Å². The van der Waals surface area contributed by atoms with Crippen LogP contribution in [-0.4, -0.2) is 36.7 Å². The lowest BCUT2D eigenvalue weighted by molar-refractivity contribution is -0.124. The molecule has 1 N–H and O–H groups in total. The summed E-state index contributed by atoms with van der Waals surface area (Å²) in [6.45, 7) is 8.09. The van der Waals surface area contributed by atoms with E-state index in [0.29, 0.717) is 6.61 Å². The van der Waals surface area contributed by atoms with E-state index < -0.39 is 0 Å². The third kappa shape index (κ3) is 2.97.